The maximum atomic E-state index is 10.3. The first-order valence-electron chi connectivity index (χ1n) is 9.98. The van der Waals surface area contributed by atoms with Gasteiger partial charge in [0.15, 0.2) is 11.6 Å². The van der Waals surface area contributed by atoms with Crippen molar-refractivity contribution in [3.8, 4) is 34.5 Å². The zero-order chi connectivity index (χ0) is 20.9. The monoisotopic (exact) mass is 403 g/mol. The molecule has 5 aromatic carbocycles. The lowest BCUT2D eigenvalue weighted by Gasteiger charge is -2.14. The second-order valence-electron chi connectivity index (χ2n) is 7.46. The molecule has 0 aliphatic rings. The van der Waals surface area contributed by atoms with Gasteiger partial charge in [-0.15, -0.1) is 0 Å². The molecule has 0 bridgehead atoms. The summed E-state index contributed by atoms with van der Waals surface area (Å²) in [6.07, 6.45) is 0. The van der Waals surface area contributed by atoms with Crippen LogP contribution in [-0.2, 0) is 0 Å². The van der Waals surface area contributed by atoms with Crippen molar-refractivity contribution in [3.63, 3.8) is 0 Å². The van der Waals surface area contributed by atoms with Crippen LogP contribution in [0, 0.1) is 0 Å². The Morgan fingerprint density at radius 1 is 0.613 bits per heavy atom. The second kappa shape index (κ2) is 6.64. The van der Waals surface area contributed by atoms with Gasteiger partial charge in [-0.05, 0) is 50.5 Å². The van der Waals surface area contributed by atoms with E-state index in [1.807, 2.05) is 12.1 Å². The predicted octanol–water partition coefficient (Wildman–Crippen LogP) is 5.82. The molecule has 0 saturated carbocycles. The minimum absolute atomic E-state index is 0.108. The van der Waals surface area contributed by atoms with Gasteiger partial charge in [-0.2, -0.15) is 9.97 Å². The molecule has 0 amide bonds. The van der Waals surface area contributed by atoms with E-state index in [9.17, 15) is 5.11 Å². The van der Waals surface area contributed by atoms with E-state index in [4.69, 9.17) is 9.72 Å². The Labute approximate surface area is 178 Å². The number of rotatable bonds is 3. The molecule has 0 atom stereocenters. The Morgan fingerprint density at radius 3 is 2.00 bits per heavy atom. The number of benzene rings is 5. The molecule has 1 aromatic heterocycles. The summed E-state index contributed by atoms with van der Waals surface area (Å²) in [7, 11) is 1.53. The first-order valence-corrected chi connectivity index (χ1v) is 9.98. The van der Waals surface area contributed by atoms with Crippen molar-refractivity contribution in [3.05, 3.63) is 78.9 Å². The third-order valence-electron chi connectivity index (χ3n) is 5.71. The molecule has 0 spiro atoms. The Kier molecular flexibility index (Phi) is 3.77. The third-order valence-corrected chi connectivity index (χ3v) is 5.71. The van der Waals surface area contributed by atoms with Crippen molar-refractivity contribution in [2.75, 3.05) is 7.11 Å². The van der Waals surface area contributed by atoms with Gasteiger partial charge in [0.25, 0.3) is 0 Å². The van der Waals surface area contributed by atoms with E-state index in [-0.39, 0.29) is 11.8 Å². The largest absolute Gasteiger partial charge is 0.507 e. The van der Waals surface area contributed by atoms with Crippen LogP contribution in [0.5, 0.6) is 11.8 Å². The average Bonchev–Trinajstić information content (AvgIpc) is 2.82. The molecule has 0 aliphatic carbocycles. The summed E-state index contributed by atoms with van der Waals surface area (Å²) in [5.74, 6) is 0.978. The lowest BCUT2D eigenvalue weighted by molar-refractivity contribution is 0.379. The summed E-state index contributed by atoms with van der Waals surface area (Å²) in [6, 6.07) is 26.2. The van der Waals surface area contributed by atoms with Crippen LogP contribution >= 0.6 is 0 Å². The lowest BCUT2D eigenvalue weighted by atomic mass is 9.92. The molecule has 0 aliphatic heterocycles. The molecular formula is C26H17N3O2. The van der Waals surface area contributed by atoms with Crippen LogP contribution in [0.3, 0.4) is 0 Å². The molecule has 31 heavy (non-hydrogen) atoms. The molecule has 0 saturated heterocycles. The van der Waals surface area contributed by atoms with Crippen LogP contribution in [0.4, 0.5) is 0 Å². The number of phenolic OH excluding ortho intramolecular Hbond substituents is 1. The third kappa shape index (κ3) is 2.67. The summed E-state index contributed by atoms with van der Waals surface area (Å²) < 4.78 is 5.36. The Morgan fingerprint density at radius 2 is 1.26 bits per heavy atom. The molecule has 1 heterocycles. The molecule has 6 rings (SSSR count). The first-order chi connectivity index (χ1) is 15.2. The number of para-hydroxylation sites is 1. The van der Waals surface area contributed by atoms with Gasteiger partial charge in [0.05, 0.1) is 12.7 Å². The number of ether oxygens (including phenoxy) is 1. The van der Waals surface area contributed by atoms with E-state index in [1.54, 1.807) is 18.2 Å². The zero-order valence-electron chi connectivity index (χ0n) is 16.7. The van der Waals surface area contributed by atoms with Gasteiger partial charge in [0.2, 0.25) is 0 Å². The maximum Gasteiger partial charge on any atom is 0.320 e. The second-order valence-corrected chi connectivity index (χ2v) is 7.46. The van der Waals surface area contributed by atoms with Crippen LogP contribution in [-0.4, -0.2) is 27.2 Å². The van der Waals surface area contributed by atoms with E-state index < -0.39 is 0 Å². The molecular weight excluding hydrogens is 386 g/mol. The highest BCUT2D eigenvalue weighted by molar-refractivity contribution is 6.25. The SMILES string of the molecule is COc1nc(-c2ccccc2O)nc(-c2ccc3ccc4cccc5ccc2c3c45)n1. The molecule has 0 unspecified atom stereocenters. The molecule has 6 aromatic rings. The number of hydrogen-bond donors (Lipinski definition) is 1. The van der Waals surface area contributed by atoms with Gasteiger partial charge in [0, 0.05) is 5.56 Å². The summed E-state index contributed by atoms with van der Waals surface area (Å²) in [5.41, 5.74) is 1.42. The standard InChI is InChI=1S/C26H17N3O2/c1-31-26-28-24(27-25(29-26)20-7-2-3-8-21(20)30)19-14-12-17-10-9-15-5-4-6-16-11-13-18(19)23(17)22(15)16/h2-14,30H,1H3. The fraction of sp³-hybridized carbons (Fsp3) is 0.0385. The summed E-state index contributed by atoms with van der Waals surface area (Å²) in [5, 5.41) is 17.4. The van der Waals surface area contributed by atoms with E-state index in [2.05, 4.69) is 58.5 Å². The Balaban J connectivity index is 1.67. The number of aromatic hydroxyl groups is 1. The molecule has 148 valence electrons. The molecule has 1 N–H and O–H groups in total. The number of phenols is 1. The van der Waals surface area contributed by atoms with E-state index in [0.29, 0.717) is 17.2 Å². The van der Waals surface area contributed by atoms with Crippen molar-refractivity contribution in [2.24, 2.45) is 0 Å². The normalized spacial score (nSPS) is 11.5. The Hall–Kier alpha value is -4.25. The summed E-state index contributed by atoms with van der Waals surface area (Å²) in [6.45, 7) is 0. The minimum atomic E-state index is 0.108. The van der Waals surface area contributed by atoms with Gasteiger partial charge in [0.1, 0.15) is 5.75 Å². The fourth-order valence-electron chi connectivity index (χ4n) is 4.28. The van der Waals surface area contributed by atoms with Crippen molar-refractivity contribution in [1.82, 2.24) is 15.0 Å². The fourth-order valence-corrected chi connectivity index (χ4v) is 4.28. The highest BCUT2D eigenvalue weighted by Crippen LogP contribution is 2.39. The van der Waals surface area contributed by atoms with E-state index in [0.717, 1.165) is 10.9 Å². The molecule has 5 nitrogen and oxygen atoms in total. The quantitative estimate of drug-likeness (QED) is 0.377. The summed E-state index contributed by atoms with van der Waals surface area (Å²) >= 11 is 0. The summed E-state index contributed by atoms with van der Waals surface area (Å²) in [4.78, 5) is 13.6. The van der Waals surface area contributed by atoms with Crippen LogP contribution < -0.4 is 4.74 Å². The number of hydrogen-bond acceptors (Lipinski definition) is 5. The van der Waals surface area contributed by atoms with Gasteiger partial charge < -0.3 is 9.84 Å². The zero-order valence-corrected chi connectivity index (χ0v) is 16.7. The van der Waals surface area contributed by atoms with Crippen LogP contribution in [0.2, 0.25) is 0 Å². The van der Waals surface area contributed by atoms with E-state index >= 15 is 0 Å². The number of nitrogens with zero attached hydrogens (tertiary/aromatic N) is 3. The van der Waals surface area contributed by atoms with Crippen LogP contribution in [0.25, 0.3) is 55.1 Å². The topological polar surface area (TPSA) is 68.1 Å². The Bertz CT molecular complexity index is 1580. The molecule has 5 heteroatoms. The average molecular weight is 403 g/mol. The first kappa shape index (κ1) is 17.6. The van der Waals surface area contributed by atoms with Gasteiger partial charge in [-0.1, -0.05) is 60.7 Å². The number of aromatic nitrogens is 3. The van der Waals surface area contributed by atoms with E-state index in [1.165, 1.54) is 34.0 Å². The van der Waals surface area contributed by atoms with Crippen molar-refractivity contribution in [2.45, 2.75) is 0 Å². The predicted molar refractivity (Wildman–Crippen MR) is 123 cm³/mol. The van der Waals surface area contributed by atoms with Crippen LogP contribution in [0.15, 0.2) is 78.9 Å². The van der Waals surface area contributed by atoms with Gasteiger partial charge >= 0.3 is 6.01 Å². The van der Waals surface area contributed by atoms with Crippen molar-refractivity contribution < 1.29 is 9.84 Å². The van der Waals surface area contributed by atoms with Gasteiger partial charge in [-0.25, -0.2) is 4.98 Å². The molecule has 0 radical (unpaired) electrons. The highest BCUT2D eigenvalue weighted by Gasteiger charge is 2.17. The van der Waals surface area contributed by atoms with Crippen molar-refractivity contribution in [1.29, 1.82) is 0 Å². The minimum Gasteiger partial charge on any atom is -0.507 e. The smallest absolute Gasteiger partial charge is 0.320 e. The highest BCUT2D eigenvalue weighted by atomic mass is 16.5. The van der Waals surface area contributed by atoms with Gasteiger partial charge in [-0.3, -0.25) is 0 Å². The molecule has 0 fully saturated rings. The maximum absolute atomic E-state index is 10.3. The van der Waals surface area contributed by atoms with Crippen LogP contribution in [0.1, 0.15) is 0 Å². The number of methoxy groups -OCH3 is 1. The van der Waals surface area contributed by atoms with Crippen molar-refractivity contribution >= 4 is 32.3 Å². The lowest BCUT2D eigenvalue weighted by Crippen LogP contribution is -2.01.